The van der Waals surface area contributed by atoms with Crippen LogP contribution in [0.2, 0.25) is 0 Å². The van der Waals surface area contributed by atoms with Crippen molar-refractivity contribution in [1.82, 2.24) is 14.7 Å². The molecule has 0 aliphatic carbocycles. The summed E-state index contributed by atoms with van der Waals surface area (Å²) < 4.78 is 40.3. The number of nitrogens with zero attached hydrogens (tertiary/aromatic N) is 4. The van der Waals surface area contributed by atoms with E-state index in [9.17, 15) is 32.9 Å². The molecule has 1 fully saturated rings. The molecule has 35 heavy (non-hydrogen) atoms. The first-order valence-corrected chi connectivity index (χ1v) is 10.6. The van der Waals surface area contributed by atoms with Gasteiger partial charge in [0, 0.05) is 37.7 Å². The SMILES string of the molecule is Cc1cc(NC(=O)C2CC(=O)N(Cc3cccc(C(F)(F)F)c3)C2)n(-c2ccc([N+](=O)[O-])cc2)n1. The van der Waals surface area contributed by atoms with Crippen LogP contribution in [0.15, 0.2) is 54.6 Å². The van der Waals surface area contributed by atoms with Gasteiger partial charge in [-0.2, -0.15) is 18.3 Å². The highest BCUT2D eigenvalue weighted by Crippen LogP contribution is 2.30. The Morgan fingerprint density at radius 3 is 2.57 bits per heavy atom. The van der Waals surface area contributed by atoms with Crippen LogP contribution in [-0.4, -0.2) is 38.0 Å². The molecule has 1 saturated heterocycles. The van der Waals surface area contributed by atoms with Crippen LogP contribution in [0.5, 0.6) is 0 Å². The highest BCUT2D eigenvalue weighted by Gasteiger charge is 2.35. The normalized spacial score (nSPS) is 15.9. The summed E-state index contributed by atoms with van der Waals surface area (Å²) >= 11 is 0. The van der Waals surface area contributed by atoms with Gasteiger partial charge in [0.05, 0.1) is 27.8 Å². The molecule has 1 aliphatic rings. The van der Waals surface area contributed by atoms with Gasteiger partial charge in [0.25, 0.3) is 5.69 Å². The van der Waals surface area contributed by atoms with Crippen LogP contribution in [0, 0.1) is 23.0 Å². The van der Waals surface area contributed by atoms with Gasteiger partial charge in [0.2, 0.25) is 11.8 Å². The lowest BCUT2D eigenvalue weighted by atomic mass is 10.1. The number of carbonyl (C=O) groups excluding carboxylic acids is 2. The Morgan fingerprint density at radius 1 is 1.20 bits per heavy atom. The largest absolute Gasteiger partial charge is 0.416 e. The maximum atomic E-state index is 13.0. The van der Waals surface area contributed by atoms with Crippen LogP contribution < -0.4 is 5.32 Å². The van der Waals surface area contributed by atoms with Gasteiger partial charge in [-0.1, -0.05) is 12.1 Å². The molecular weight excluding hydrogens is 467 g/mol. The Kier molecular flexibility index (Phi) is 6.29. The lowest BCUT2D eigenvalue weighted by Crippen LogP contribution is -2.28. The number of hydrogen-bond acceptors (Lipinski definition) is 5. The number of hydrogen-bond donors (Lipinski definition) is 1. The van der Waals surface area contributed by atoms with Crippen LogP contribution in [-0.2, 0) is 22.3 Å². The topological polar surface area (TPSA) is 110 Å². The van der Waals surface area contributed by atoms with Crippen LogP contribution in [0.3, 0.4) is 0 Å². The summed E-state index contributed by atoms with van der Waals surface area (Å²) in [6, 6.07) is 12.0. The second kappa shape index (κ2) is 9.20. The summed E-state index contributed by atoms with van der Waals surface area (Å²) in [6.45, 7) is 1.74. The van der Waals surface area contributed by atoms with Crippen molar-refractivity contribution in [3.05, 3.63) is 81.5 Å². The zero-order valence-corrected chi connectivity index (χ0v) is 18.5. The van der Waals surface area contributed by atoms with Crippen LogP contribution in [0.25, 0.3) is 5.69 Å². The molecule has 0 bridgehead atoms. The summed E-state index contributed by atoms with van der Waals surface area (Å²) in [5, 5.41) is 17.9. The zero-order valence-electron chi connectivity index (χ0n) is 18.5. The molecule has 1 unspecified atom stereocenters. The van der Waals surface area contributed by atoms with Crippen molar-refractivity contribution in [1.29, 1.82) is 0 Å². The maximum Gasteiger partial charge on any atom is 0.416 e. The van der Waals surface area contributed by atoms with E-state index < -0.39 is 28.5 Å². The Morgan fingerprint density at radius 2 is 1.91 bits per heavy atom. The minimum Gasteiger partial charge on any atom is -0.338 e. The predicted octanol–water partition coefficient (Wildman–Crippen LogP) is 4.09. The first kappa shape index (κ1) is 23.9. The molecule has 2 aromatic carbocycles. The molecule has 4 rings (SSSR count). The number of carbonyl (C=O) groups is 2. The molecule has 2 heterocycles. The van der Waals surface area contributed by atoms with Crippen molar-refractivity contribution in [2.45, 2.75) is 26.1 Å². The molecular formula is C23H20F3N5O4. The second-order valence-electron chi connectivity index (χ2n) is 8.22. The van der Waals surface area contributed by atoms with Gasteiger partial charge in [-0.05, 0) is 36.8 Å². The molecule has 1 aliphatic heterocycles. The molecule has 9 nitrogen and oxygen atoms in total. The minimum absolute atomic E-state index is 0.0353. The van der Waals surface area contributed by atoms with Crippen molar-refractivity contribution in [3.8, 4) is 5.69 Å². The van der Waals surface area contributed by atoms with Crippen LogP contribution in [0.4, 0.5) is 24.7 Å². The molecule has 1 N–H and O–H groups in total. The molecule has 0 saturated carbocycles. The number of halogens is 3. The van der Waals surface area contributed by atoms with Gasteiger partial charge < -0.3 is 10.2 Å². The third kappa shape index (κ3) is 5.31. The highest BCUT2D eigenvalue weighted by atomic mass is 19.4. The van der Waals surface area contributed by atoms with Gasteiger partial charge in [0.1, 0.15) is 5.82 Å². The van der Waals surface area contributed by atoms with E-state index in [4.69, 9.17) is 0 Å². The Balaban J connectivity index is 1.45. The molecule has 0 spiro atoms. The van der Waals surface area contributed by atoms with Gasteiger partial charge in [-0.15, -0.1) is 0 Å². The number of rotatable bonds is 6. The molecule has 2 amide bonds. The fourth-order valence-electron chi connectivity index (χ4n) is 3.90. The van der Waals surface area contributed by atoms with E-state index in [1.165, 1.54) is 46.0 Å². The summed E-state index contributed by atoms with van der Waals surface area (Å²) in [7, 11) is 0. The van der Waals surface area contributed by atoms with E-state index in [2.05, 4.69) is 10.4 Å². The number of alkyl halides is 3. The zero-order chi connectivity index (χ0) is 25.3. The fraction of sp³-hybridized carbons (Fsp3) is 0.261. The van der Waals surface area contributed by atoms with Crippen molar-refractivity contribution >= 4 is 23.3 Å². The number of likely N-dealkylation sites (tertiary alicyclic amines) is 1. The number of nitrogens with one attached hydrogen (secondary N) is 1. The number of benzene rings is 2. The van der Waals surface area contributed by atoms with Gasteiger partial charge in [-0.3, -0.25) is 19.7 Å². The van der Waals surface area contributed by atoms with E-state index in [0.29, 0.717) is 22.8 Å². The Bertz CT molecular complexity index is 1290. The number of aromatic nitrogens is 2. The van der Waals surface area contributed by atoms with E-state index in [1.54, 1.807) is 13.0 Å². The van der Waals surface area contributed by atoms with E-state index in [-0.39, 0.29) is 31.1 Å². The Labute approximate surface area is 197 Å². The summed E-state index contributed by atoms with van der Waals surface area (Å²) in [6.07, 6.45) is -4.56. The molecule has 1 atom stereocenters. The number of anilines is 1. The fourth-order valence-corrected chi connectivity index (χ4v) is 3.90. The highest BCUT2D eigenvalue weighted by molar-refractivity contribution is 5.96. The quantitative estimate of drug-likeness (QED) is 0.416. The van der Waals surface area contributed by atoms with Gasteiger partial charge in [-0.25, -0.2) is 4.68 Å². The standard InChI is InChI=1S/C23H20F3N5O4/c1-14-9-20(30(28-14)18-5-7-19(8-6-18)31(34)35)27-22(33)16-11-21(32)29(13-16)12-15-3-2-4-17(10-15)23(24,25)26/h2-10,16H,11-13H2,1H3,(H,27,33). The number of amides is 2. The predicted molar refractivity (Wildman–Crippen MR) is 119 cm³/mol. The number of nitro benzene ring substituents is 1. The first-order valence-electron chi connectivity index (χ1n) is 10.6. The third-order valence-electron chi connectivity index (χ3n) is 5.60. The third-order valence-corrected chi connectivity index (χ3v) is 5.60. The van der Waals surface area contributed by atoms with Crippen molar-refractivity contribution in [3.63, 3.8) is 0 Å². The molecule has 0 radical (unpaired) electrons. The van der Waals surface area contributed by atoms with E-state index in [1.807, 2.05) is 0 Å². The Hall–Kier alpha value is -4.22. The van der Waals surface area contributed by atoms with Crippen molar-refractivity contribution in [2.75, 3.05) is 11.9 Å². The second-order valence-corrected chi connectivity index (χ2v) is 8.22. The minimum atomic E-state index is -4.49. The molecule has 12 heteroatoms. The van der Waals surface area contributed by atoms with Crippen molar-refractivity contribution < 1.29 is 27.7 Å². The average Bonchev–Trinajstić information content (AvgIpc) is 3.35. The smallest absolute Gasteiger partial charge is 0.338 e. The number of nitro groups is 1. The monoisotopic (exact) mass is 487 g/mol. The number of non-ortho nitro benzene ring substituents is 1. The van der Waals surface area contributed by atoms with Crippen LogP contribution in [0.1, 0.15) is 23.2 Å². The number of aryl methyl sites for hydroxylation is 1. The van der Waals surface area contributed by atoms with E-state index in [0.717, 1.165) is 12.1 Å². The summed E-state index contributed by atoms with van der Waals surface area (Å²) in [4.78, 5) is 37.1. The maximum absolute atomic E-state index is 13.0. The molecule has 182 valence electrons. The van der Waals surface area contributed by atoms with Gasteiger partial charge >= 0.3 is 6.18 Å². The van der Waals surface area contributed by atoms with E-state index >= 15 is 0 Å². The van der Waals surface area contributed by atoms with Crippen molar-refractivity contribution in [2.24, 2.45) is 5.92 Å². The van der Waals surface area contributed by atoms with Gasteiger partial charge in [0.15, 0.2) is 0 Å². The van der Waals surface area contributed by atoms with Crippen LogP contribution >= 0.6 is 0 Å². The molecule has 1 aromatic heterocycles. The summed E-state index contributed by atoms with van der Waals surface area (Å²) in [5.41, 5.74) is 0.514. The lowest BCUT2D eigenvalue weighted by molar-refractivity contribution is -0.384. The summed E-state index contributed by atoms with van der Waals surface area (Å²) in [5.74, 6) is -1.14. The lowest BCUT2D eigenvalue weighted by Gasteiger charge is -2.18. The molecule has 3 aromatic rings. The average molecular weight is 487 g/mol. The first-order chi connectivity index (χ1) is 16.5.